The average molecular weight is 259 g/mol. The Bertz CT molecular complexity index is 298. The van der Waals surface area contributed by atoms with Gasteiger partial charge in [0.1, 0.15) is 0 Å². The first-order chi connectivity index (χ1) is 8.50. The summed E-state index contributed by atoms with van der Waals surface area (Å²) < 4.78 is 0. The van der Waals surface area contributed by atoms with Crippen LogP contribution in [0.25, 0.3) is 0 Å². The molecule has 104 valence electrons. The third-order valence-corrected chi connectivity index (χ3v) is 3.12. The maximum Gasteiger partial charge on any atom is 0.332 e. The van der Waals surface area contributed by atoms with E-state index in [0.29, 0.717) is 0 Å². The molecule has 0 bridgehead atoms. The second-order valence-corrected chi connectivity index (χ2v) is 4.60. The number of rotatable bonds is 5. The van der Waals surface area contributed by atoms with Gasteiger partial charge in [-0.1, -0.05) is 12.8 Å². The van der Waals surface area contributed by atoms with Crippen molar-refractivity contribution < 1.29 is 19.8 Å². The van der Waals surface area contributed by atoms with E-state index in [1.807, 2.05) is 0 Å². The van der Waals surface area contributed by atoms with E-state index < -0.39 is 12.1 Å². The van der Waals surface area contributed by atoms with Crippen molar-refractivity contribution in [3.05, 3.63) is 0 Å². The highest BCUT2D eigenvalue weighted by Crippen LogP contribution is 2.16. The molecule has 0 heterocycles. The van der Waals surface area contributed by atoms with Gasteiger partial charge in [0.2, 0.25) is 0 Å². The minimum Gasteiger partial charge on any atom is -0.479 e. The molecule has 0 spiro atoms. The van der Waals surface area contributed by atoms with Gasteiger partial charge in [-0.15, -0.1) is 0 Å². The van der Waals surface area contributed by atoms with Gasteiger partial charge >= 0.3 is 12.0 Å². The number of carbonyl (C=O) groups is 2. The molecule has 0 aromatic heterocycles. The minimum absolute atomic E-state index is 0.0144. The summed E-state index contributed by atoms with van der Waals surface area (Å²) in [7, 11) is 0. The average Bonchev–Trinajstić information content (AvgIpc) is 2.32. The molecule has 18 heavy (non-hydrogen) atoms. The Balaban J connectivity index is 2.19. The highest BCUT2D eigenvalue weighted by molar-refractivity contribution is 5.74. The molecule has 7 nitrogen and oxygen atoms in total. The fourth-order valence-corrected chi connectivity index (χ4v) is 2.00. The minimum atomic E-state index is -1.44. The van der Waals surface area contributed by atoms with Gasteiger partial charge in [0.15, 0.2) is 6.10 Å². The number of aliphatic carboxylic acids is 1. The van der Waals surface area contributed by atoms with E-state index in [9.17, 15) is 9.59 Å². The summed E-state index contributed by atoms with van der Waals surface area (Å²) in [4.78, 5) is 21.8. The maximum atomic E-state index is 11.5. The van der Waals surface area contributed by atoms with Crippen LogP contribution in [0.4, 0.5) is 4.79 Å². The predicted molar refractivity (Wildman–Crippen MR) is 65.0 cm³/mol. The lowest BCUT2D eigenvalue weighted by Crippen LogP contribution is -2.52. The lowest BCUT2D eigenvalue weighted by molar-refractivity contribution is -0.146. The first-order valence-electron chi connectivity index (χ1n) is 6.21. The number of carboxylic acid groups (broad SMARTS) is 1. The number of aliphatic hydroxyl groups is 1. The van der Waals surface area contributed by atoms with Crippen LogP contribution in [0.15, 0.2) is 0 Å². The van der Waals surface area contributed by atoms with E-state index in [1.165, 1.54) is 0 Å². The third kappa shape index (κ3) is 4.89. The zero-order chi connectivity index (χ0) is 13.5. The summed E-state index contributed by atoms with van der Waals surface area (Å²) in [6.07, 6.45) is 2.46. The number of nitrogens with two attached hydrogens (primary N) is 1. The standard InChI is InChI=1S/C11H21N3O4/c12-7-3-1-2-4-8(7)14-11(18)13-6-5-9(15)10(16)17/h7-9,15H,1-6,12H2,(H,16,17)(H2,13,14,18). The molecule has 0 radical (unpaired) electrons. The fourth-order valence-electron chi connectivity index (χ4n) is 2.00. The van der Waals surface area contributed by atoms with Crippen molar-refractivity contribution in [3.8, 4) is 0 Å². The van der Waals surface area contributed by atoms with Crippen molar-refractivity contribution in [2.45, 2.75) is 50.3 Å². The van der Waals surface area contributed by atoms with Gasteiger partial charge in [-0.05, 0) is 12.8 Å². The van der Waals surface area contributed by atoms with Crippen LogP contribution in [-0.4, -0.2) is 46.9 Å². The number of urea groups is 1. The summed E-state index contributed by atoms with van der Waals surface area (Å²) in [5.41, 5.74) is 5.88. The zero-order valence-electron chi connectivity index (χ0n) is 10.3. The molecule has 1 saturated carbocycles. The monoisotopic (exact) mass is 259 g/mol. The highest BCUT2D eigenvalue weighted by atomic mass is 16.4. The predicted octanol–water partition coefficient (Wildman–Crippen LogP) is -0.609. The Morgan fingerprint density at radius 1 is 1.33 bits per heavy atom. The van der Waals surface area contributed by atoms with Crippen LogP contribution in [0.1, 0.15) is 32.1 Å². The van der Waals surface area contributed by atoms with E-state index in [4.69, 9.17) is 15.9 Å². The van der Waals surface area contributed by atoms with E-state index in [1.54, 1.807) is 0 Å². The summed E-state index contributed by atoms with van der Waals surface area (Å²) >= 11 is 0. The molecule has 1 aliphatic carbocycles. The van der Waals surface area contributed by atoms with Gasteiger partial charge in [-0.25, -0.2) is 9.59 Å². The van der Waals surface area contributed by atoms with Crippen LogP contribution in [0.2, 0.25) is 0 Å². The summed E-state index contributed by atoms with van der Waals surface area (Å²) in [6.45, 7) is 0.112. The fraction of sp³-hybridized carbons (Fsp3) is 0.818. The zero-order valence-corrected chi connectivity index (χ0v) is 10.3. The molecule has 1 aliphatic rings. The second kappa shape index (κ2) is 7.17. The molecule has 3 atom stereocenters. The lowest BCUT2D eigenvalue weighted by Gasteiger charge is -2.29. The largest absolute Gasteiger partial charge is 0.479 e. The van der Waals surface area contributed by atoms with Crippen molar-refractivity contribution in [3.63, 3.8) is 0 Å². The molecule has 6 N–H and O–H groups in total. The number of hydrogen-bond acceptors (Lipinski definition) is 4. The smallest absolute Gasteiger partial charge is 0.332 e. The van der Waals surface area contributed by atoms with Crippen LogP contribution in [0, 0.1) is 0 Å². The molecule has 0 aromatic rings. The SMILES string of the molecule is NC1CCCCC1NC(=O)NCCC(O)C(=O)O. The maximum absolute atomic E-state index is 11.5. The summed E-state index contributed by atoms with van der Waals surface area (Å²) in [6, 6.07) is -0.410. The van der Waals surface area contributed by atoms with Crippen LogP contribution < -0.4 is 16.4 Å². The normalized spacial score (nSPS) is 25.2. The van der Waals surface area contributed by atoms with E-state index in [2.05, 4.69) is 10.6 Å². The van der Waals surface area contributed by atoms with Crippen molar-refractivity contribution in [2.75, 3.05) is 6.54 Å². The van der Waals surface area contributed by atoms with Crippen molar-refractivity contribution in [1.82, 2.24) is 10.6 Å². The number of carboxylic acids is 1. The molecule has 7 heteroatoms. The van der Waals surface area contributed by atoms with Crippen molar-refractivity contribution in [1.29, 1.82) is 0 Å². The Kier molecular flexibility index (Phi) is 5.87. The Labute approximate surface area is 106 Å². The molecule has 3 unspecified atom stereocenters. The molecule has 0 aliphatic heterocycles. The van der Waals surface area contributed by atoms with Crippen LogP contribution in [-0.2, 0) is 4.79 Å². The van der Waals surface area contributed by atoms with Crippen molar-refractivity contribution >= 4 is 12.0 Å². The van der Waals surface area contributed by atoms with Crippen molar-refractivity contribution in [2.24, 2.45) is 5.73 Å². The third-order valence-electron chi connectivity index (χ3n) is 3.12. The molecular weight excluding hydrogens is 238 g/mol. The lowest BCUT2D eigenvalue weighted by atomic mass is 9.91. The number of amides is 2. The van der Waals surface area contributed by atoms with Gasteiger partial charge in [0.25, 0.3) is 0 Å². The second-order valence-electron chi connectivity index (χ2n) is 4.60. The Hall–Kier alpha value is -1.34. The number of nitrogens with one attached hydrogen (secondary N) is 2. The van der Waals surface area contributed by atoms with E-state index in [-0.39, 0.29) is 31.1 Å². The van der Waals surface area contributed by atoms with E-state index in [0.717, 1.165) is 25.7 Å². The summed E-state index contributed by atoms with van der Waals surface area (Å²) in [5, 5.41) is 22.7. The molecule has 1 rings (SSSR count). The first kappa shape index (κ1) is 14.7. The van der Waals surface area contributed by atoms with Gasteiger partial charge in [0.05, 0.1) is 0 Å². The Morgan fingerprint density at radius 2 is 2.00 bits per heavy atom. The van der Waals surface area contributed by atoms with Gasteiger partial charge in [0, 0.05) is 25.0 Å². The van der Waals surface area contributed by atoms with Gasteiger partial charge < -0.3 is 26.6 Å². The molecular formula is C11H21N3O4. The van der Waals surface area contributed by atoms with E-state index >= 15 is 0 Å². The molecule has 1 fully saturated rings. The first-order valence-corrected chi connectivity index (χ1v) is 6.21. The summed E-state index contributed by atoms with van der Waals surface area (Å²) in [5.74, 6) is -1.29. The quantitative estimate of drug-likeness (QED) is 0.450. The molecule has 0 aromatic carbocycles. The van der Waals surface area contributed by atoms with Gasteiger partial charge in [-0.3, -0.25) is 0 Å². The van der Waals surface area contributed by atoms with Crippen LogP contribution >= 0.6 is 0 Å². The number of hydrogen-bond donors (Lipinski definition) is 5. The number of aliphatic hydroxyl groups excluding tert-OH is 1. The van der Waals surface area contributed by atoms with Crippen LogP contribution in [0.5, 0.6) is 0 Å². The highest BCUT2D eigenvalue weighted by Gasteiger charge is 2.23. The van der Waals surface area contributed by atoms with Crippen LogP contribution in [0.3, 0.4) is 0 Å². The topological polar surface area (TPSA) is 125 Å². The van der Waals surface area contributed by atoms with Gasteiger partial charge in [-0.2, -0.15) is 0 Å². The molecule has 2 amide bonds. The Morgan fingerprint density at radius 3 is 2.61 bits per heavy atom. The number of carbonyl (C=O) groups excluding carboxylic acids is 1. The molecule has 0 saturated heterocycles.